The summed E-state index contributed by atoms with van der Waals surface area (Å²) in [5.74, 6) is -0.556. The van der Waals surface area contributed by atoms with Crippen LogP contribution in [0.2, 0.25) is 0 Å². The number of hydrogen-bond acceptors (Lipinski definition) is 4. The number of fused-ring (bicyclic) bond motifs is 5. The average Bonchev–Trinajstić information content (AvgIpc) is 3.36. The van der Waals surface area contributed by atoms with Gasteiger partial charge in [-0.05, 0) is 54.7 Å². The summed E-state index contributed by atoms with van der Waals surface area (Å²) in [5.41, 5.74) is 0.436. The van der Waals surface area contributed by atoms with Gasteiger partial charge in [0.25, 0.3) is 0 Å². The molecular weight excluding hydrogens is 362 g/mol. The third kappa shape index (κ3) is 2.26. The van der Waals surface area contributed by atoms with Crippen molar-refractivity contribution in [3.63, 3.8) is 0 Å². The predicted octanol–water partition coefficient (Wildman–Crippen LogP) is 2.83. The van der Waals surface area contributed by atoms with Gasteiger partial charge in [-0.15, -0.1) is 0 Å². The van der Waals surface area contributed by atoms with Crippen molar-refractivity contribution in [2.75, 3.05) is 4.90 Å². The molecule has 2 fully saturated rings. The quantitative estimate of drug-likeness (QED) is 0.607. The molecule has 2 aliphatic carbocycles. The van der Waals surface area contributed by atoms with Crippen molar-refractivity contribution in [1.82, 2.24) is 0 Å². The van der Waals surface area contributed by atoms with Gasteiger partial charge in [-0.1, -0.05) is 30.4 Å². The minimum atomic E-state index is -3.63. The third-order valence-electron chi connectivity index (χ3n) is 5.93. The Kier molecular flexibility index (Phi) is 3.43. The van der Waals surface area contributed by atoms with Crippen molar-refractivity contribution in [3.05, 3.63) is 66.7 Å². The van der Waals surface area contributed by atoms with E-state index in [9.17, 15) is 18.0 Å². The normalized spacial score (nSPS) is 28.8. The first-order valence-electron chi connectivity index (χ1n) is 8.95. The van der Waals surface area contributed by atoms with Gasteiger partial charge >= 0.3 is 0 Å². The third-order valence-corrected chi connectivity index (χ3v) is 7.71. The van der Waals surface area contributed by atoms with Crippen molar-refractivity contribution < 1.29 is 18.0 Å². The molecule has 2 aromatic rings. The zero-order valence-corrected chi connectivity index (χ0v) is 15.2. The topological polar surface area (TPSA) is 71.5 Å². The molecule has 136 valence electrons. The molecule has 4 atom stereocenters. The molecule has 1 saturated heterocycles. The maximum atomic E-state index is 12.8. The number of anilines is 1. The lowest BCUT2D eigenvalue weighted by molar-refractivity contribution is -0.123. The number of carbonyl (C=O) groups is 2. The Bertz CT molecular complexity index is 1040. The van der Waals surface area contributed by atoms with E-state index in [4.69, 9.17) is 0 Å². The van der Waals surface area contributed by atoms with E-state index < -0.39 is 9.84 Å². The van der Waals surface area contributed by atoms with Gasteiger partial charge in [-0.2, -0.15) is 0 Å². The van der Waals surface area contributed by atoms with Crippen LogP contribution in [0.4, 0.5) is 5.69 Å². The van der Waals surface area contributed by atoms with Crippen LogP contribution in [0.5, 0.6) is 0 Å². The summed E-state index contributed by atoms with van der Waals surface area (Å²) < 4.78 is 25.4. The van der Waals surface area contributed by atoms with Crippen LogP contribution in [-0.4, -0.2) is 20.2 Å². The minimum Gasteiger partial charge on any atom is -0.274 e. The molecule has 5 rings (SSSR count). The fourth-order valence-electron chi connectivity index (χ4n) is 4.67. The van der Waals surface area contributed by atoms with Crippen molar-refractivity contribution in [2.45, 2.75) is 16.2 Å². The molecular formula is C21H17NO4S. The van der Waals surface area contributed by atoms with Crippen LogP contribution in [0, 0.1) is 23.7 Å². The van der Waals surface area contributed by atoms with E-state index in [-0.39, 0.29) is 45.3 Å². The molecule has 0 unspecified atom stereocenters. The van der Waals surface area contributed by atoms with Crippen molar-refractivity contribution >= 4 is 27.3 Å². The summed E-state index contributed by atoms with van der Waals surface area (Å²) >= 11 is 0. The molecule has 1 aliphatic heterocycles. The van der Waals surface area contributed by atoms with Crippen LogP contribution in [-0.2, 0) is 19.4 Å². The van der Waals surface area contributed by atoms with Gasteiger partial charge in [0.2, 0.25) is 21.7 Å². The van der Waals surface area contributed by atoms with Gasteiger partial charge in [0.15, 0.2) is 0 Å². The predicted molar refractivity (Wildman–Crippen MR) is 98.5 cm³/mol. The van der Waals surface area contributed by atoms with Gasteiger partial charge < -0.3 is 0 Å². The standard InChI is InChI=1S/C21H17NO4S/c23-20-18-13-6-7-14(12-13)19(18)21(24)22(20)15-8-10-17(11-9-15)27(25,26)16-4-2-1-3-5-16/h1-11,13-14,18-19H,12H2/t13-,14-,18-,19+/m0/s1. The Hall–Kier alpha value is -2.73. The van der Waals surface area contributed by atoms with Crippen LogP contribution in [0.3, 0.4) is 0 Å². The number of imide groups is 1. The maximum absolute atomic E-state index is 12.8. The zero-order valence-electron chi connectivity index (χ0n) is 14.4. The van der Waals surface area contributed by atoms with Gasteiger partial charge in [0, 0.05) is 0 Å². The number of benzene rings is 2. The fraction of sp³-hybridized carbons (Fsp3) is 0.238. The fourth-order valence-corrected chi connectivity index (χ4v) is 5.95. The molecule has 0 radical (unpaired) electrons. The van der Waals surface area contributed by atoms with E-state index in [2.05, 4.69) is 12.2 Å². The van der Waals surface area contributed by atoms with E-state index in [1.807, 2.05) is 0 Å². The van der Waals surface area contributed by atoms with Crippen LogP contribution in [0.1, 0.15) is 6.42 Å². The summed E-state index contributed by atoms with van der Waals surface area (Å²) in [6, 6.07) is 14.2. The second-order valence-electron chi connectivity index (χ2n) is 7.32. The molecule has 0 aromatic heterocycles. The molecule has 5 nitrogen and oxygen atoms in total. The van der Waals surface area contributed by atoms with Gasteiger partial charge in [0.05, 0.1) is 27.3 Å². The second kappa shape index (κ2) is 5.63. The molecule has 1 saturated carbocycles. The molecule has 2 amide bonds. The highest BCUT2D eigenvalue weighted by molar-refractivity contribution is 7.91. The monoisotopic (exact) mass is 379 g/mol. The molecule has 2 aromatic carbocycles. The van der Waals surface area contributed by atoms with E-state index in [1.54, 1.807) is 42.5 Å². The lowest BCUT2D eigenvalue weighted by Gasteiger charge is -2.17. The number of hydrogen-bond donors (Lipinski definition) is 0. The Balaban J connectivity index is 1.47. The smallest absolute Gasteiger partial charge is 0.238 e. The first-order chi connectivity index (χ1) is 13.0. The number of carbonyl (C=O) groups excluding carboxylic acids is 2. The highest BCUT2D eigenvalue weighted by Gasteiger charge is 2.59. The van der Waals surface area contributed by atoms with Crippen molar-refractivity contribution in [3.8, 4) is 0 Å². The Labute approximate surface area is 157 Å². The lowest BCUT2D eigenvalue weighted by atomic mass is 9.85. The summed E-state index contributed by atoms with van der Waals surface area (Å²) in [6.45, 7) is 0. The lowest BCUT2D eigenvalue weighted by Crippen LogP contribution is -2.32. The Morgan fingerprint density at radius 2 is 1.26 bits per heavy atom. The number of amides is 2. The second-order valence-corrected chi connectivity index (χ2v) is 9.27. The number of nitrogens with zero attached hydrogens (tertiary/aromatic N) is 1. The van der Waals surface area contributed by atoms with Crippen LogP contribution < -0.4 is 4.90 Å². The average molecular weight is 379 g/mol. The number of allylic oxidation sites excluding steroid dienone is 2. The van der Waals surface area contributed by atoms with E-state index >= 15 is 0 Å². The molecule has 0 N–H and O–H groups in total. The van der Waals surface area contributed by atoms with Crippen LogP contribution in [0.15, 0.2) is 76.5 Å². The molecule has 0 spiro atoms. The number of rotatable bonds is 3. The van der Waals surface area contributed by atoms with E-state index in [0.29, 0.717) is 5.69 Å². The first kappa shape index (κ1) is 16.4. The van der Waals surface area contributed by atoms with Gasteiger partial charge in [0.1, 0.15) is 0 Å². The Morgan fingerprint density at radius 3 is 1.81 bits per heavy atom. The molecule has 1 heterocycles. The highest BCUT2D eigenvalue weighted by Crippen LogP contribution is 2.53. The number of sulfone groups is 1. The van der Waals surface area contributed by atoms with Gasteiger partial charge in [-0.3, -0.25) is 14.5 Å². The molecule has 2 bridgehead atoms. The summed E-state index contributed by atoms with van der Waals surface area (Å²) in [7, 11) is -3.63. The minimum absolute atomic E-state index is 0.137. The molecule has 27 heavy (non-hydrogen) atoms. The van der Waals surface area contributed by atoms with E-state index in [0.717, 1.165) is 6.42 Å². The van der Waals surface area contributed by atoms with Gasteiger partial charge in [-0.25, -0.2) is 8.42 Å². The van der Waals surface area contributed by atoms with Crippen LogP contribution >= 0.6 is 0 Å². The zero-order chi connectivity index (χ0) is 18.8. The summed E-state index contributed by atoms with van der Waals surface area (Å²) in [5, 5.41) is 0. The van der Waals surface area contributed by atoms with E-state index in [1.165, 1.54) is 17.0 Å². The van der Waals surface area contributed by atoms with Crippen LogP contribution in [0.25, 0.3) is 0 Å². The first-order valence-corrected chi connectivity index (χ1v) is 10.4. The molecule has 3 aliphatic rings. The Morgan fingerprint density at radius 1 is 0.741 bits per heavy atom. The molecule has 6 heteroatoms. The van der Waals surface area contributed by atoms with Crippen molar-refractivity contribution in [1.29, 1.82) is 0 Å². The maximum Gasteiger partial charge on any atom is 0.238 e. The summed E-state index contributed by atoms with van der Waals surface area (Å²) in [6.07, 6.45) is 4.99. The van der Waals surface area contributed by atoms with Crippen molar-refractivity contribution in [2.24, 2.45) is 23.7 Å². The highest BCUT2D eigenvalue weighted by atomic mass is 32.2. The SMILES string of the molecule is O=C1[C@@H]2[C@H](C(=O)N1c1ccc(S(=O)(=O)c3ccccc3)cc1)[C@H]1C=C[C@H]2C1. The largest absolute Gasteiger partial charge is 0.274 e. The summed E-state index contributed by atoms with van der Waals surface area (Å²) in [4.78, 5) is 27.3.